The molecule has 2 N–H and O–H groups in total. The maximum atomic E-state index is 12.0. The zero-order chi connectivity index (χ0) is 12.3. The highest BCUT2D eigenvalue weighted by Crippen LogP contribution is 2.18. The highest BCUT2D eigenvalue weighted by atomic mass is 79.9. The first-order valence-corrected chi connectivity index (χ1v) is 6.07. The molecule has 0 saturated heterocycles. The Kier molecular flexibility index (Phi) is 3.59. The molecular weight excluding hydrogens is 278 g/mol. The maximum absolute atomic E-state index is 12.0. The van der Waals surface area contributed by atoms with E-state index in [9.17, 15) is 4.79 Å². The van der Waals surface area contributed by atoms with E-state index in [4.69, 9.17) is 5.73 Å². The average molecular weight is 290 g/mol. The number of nitrogen functional groups attached to an aromatic ring is 1. The lowest BCUT2D eigenvalue weighted by Crippen LogP contribution is -2.04. The molecule has 0 saturated carbocycles. The summed E-state index contributed by atoms with van der Waals surface area (Å²) in [4.78, 5) is 12.0. The molecular formula is C14H12BrNO. The summed E-state index contributed by atoms with van der Waals surface area (Å²) in [6.45, 7) is 0. The number of nitrogens with two attached hydrogens (primary N) is 1. The molecule has 0 fully saturated rings. The number of carbonyl (C=O) groups excluding carboxylic acids is 1. The van der Waals surface area contributed by atoms with Crippen molar-refractivity contribution in [2.24, 2.45) is 0 Å². The second kappa shape index (κ2) is 5.15. The Labute approximate surface area is 109 Å². The van der Waals surface area contributed by atoms with Crippen LogP contribution in [-0.2, 0) is 6.42 Å². The van der Waals surface area contributed by atoms with Crippen molar-refractivity contribution in [3.05, 3.63) is 64.1 Å². The zero-order valence-electron chi connectivity index (χ0n) is 9.19. The standard InChI is InChI=1S/C14H12BrNO/c15-12-7-11(8-13(16)9-12)14(17)6-10-4-2-1-3-5-10/h1-5,7-9H,6,16H2. The minimum Gasteiger partial charge on any atom is -0.399 e. The molecule has 0 aromatic heterocycles. The normalized spacial score (nSPS) is 10.2. The summed E-state index contributed by atoms with van der Waals surface area (Å²) >= 11 is 3.33. The van der Waals surface area contributed by atoms with Crippen LogP contribution in [0.3, 0.4) is 0 Å². The molecule has 2 aromatic carbocycles. The third-order valence-corrected chi connectivity index (χ3v) is 2.91. The molecule has 17 heavy (non-hydrogen) atoms. The van der Waals surface area contributed by atoms with Crippen LogP contribution in [0, 0.1) is 0 Å². The number of benzene rings is 2. The minimum absolute atomic E-state index is 0.0733. The van der Waals surface area contributed by atoms with Gasteiger partial charge in [0, 0.05) is 22.1 Å². The lowest BCUT2D eigenvalue weighted by Gasteiger charge is -2.03. The Morgan fingerprint density at radius 1 is 1.12 bits per heavy atom. The summed E-state index contributed by atoms with van der Waals surface area (Å²) in [6.07, 6.45) is 0.400. The van der Waals surface area contributed by atoms with Crippen LogP contribution in [0.4, 0.5) is 5.69 Å². The van der Waals surface area contributed by atoms with Crippen LogP contribution in [0.1, 0.15) is 15.9 Å². The van der Waals surface area contributed by atoms with E-state index in [2.05, 4.69) is 15.9 Å². The predicted octanol–water partition coefficient (Wildman–Crippen LogP) is 3.46. The number of carbonyl (C=O) groups is 1. The van der Waals surface area contributed by atoms with E-state index in [1.54, 1.807) is 18.2 Å². The first kappa shape index (κ1) is 11.9. The van der Waals surface area contributed by atoms with E-state index < -0.39 is 0 Å². The Morgan fingerprint density at radius 3 is 2.47 bits per heavy atom. The van der Waals surface area contributed by atoms with Crippen molar-refractivity contribution in [1.82, 2.24) is 0 Å². The van der Waals surface area contributed by atoms with Crippen molar-refractivity contribution >= 4 is 27.4 Å². The van der Waals surface area contributed by atoms with Gasteiger partial charge in [0.25, 0.3) is 0 Å². The quantitative estimate of drug-likeness (QED) is 0.695. The fourth-order valence-corrected chi connectivity index (χ4v) is 2.17. The second-order valence-corrected chi connectivity index (χ2v) is 4.77. The molecule has 2 rings (SSSR count). The number of anilines is 1. The van der Waals surface area contributed by atoms with Crippen LogP contribution in [0.15, 0.2) is 53.0 Å². The predicted molar refractivity (Wildman–Crippen MR) is 73.0 cm³/mol. The molecule has 2 aromatic rings. The van der Waals surface area contributed by atoms with Crippen LogP contribution >= 0.6 is 15.9 Å². The smallest absolute Gasteiger partial charge is 0.167 e. The summed E-state index contributed by atoms with van der Waals surface area (Å²) in [5.41, 5.74) is 7.95. The molecule has 0 atom stereocenters. The lowest BCUT2D eigenvalue weighted by atomic mass is 10.0. The fourth-order valence-electron chi connectivity index (χ4n) is 1.66. The number of halogens is 1. The number of hydrogen-bond acceptors (Lipinski definition) is 2. The van der Waals surface area contributed by atoms with Gasteiger partial charge in [0.15, 0.2) is 5.78 Å². The van der Waals surface area contributed by atoms with Crippen LogP contribution in [-0.4, -0.2) is 5.78 Å². The van der Waals surface area contributed by atoms with E-state index in [1.165, 1.54) is 0 Å². The number of Topliss-reactive ketones (excluding diaryl/α,β-unsaturated/α-hetero) is 1. The van der Waals surface area contributed by atoms with Gasteiger partial charge in [0.05, 0.1) is 0 Å². The van der Waals surface area contributed by atoms with Gasteiger partial charge in [0.2, 0.25) is 0 Å². The zero-order valence-corrected chi connectivity index (χ0v) is 10.8. The molecule has 0 spiro atoms. The van der Waals surface area contributed by atoms with E-state index in [-0.39, 0.29) is 5.78 Å². The van der Waals surface area contributed by atoms with Crippen molar-refractivity contribution in [2.45, 2.75) is 6.42 Å². The summed E-state index contributed by atoms with van der Waals surface area (Å²) in [5.74, 6) is 0.0733. The first-order chi connectivity index (χ1) is 8.15. The van der Waals surface area contributed by atoms with Gasteiger partial charge >= 0.3 is 0 Å². The van der Waals surface area contributed by atoms with Crippen molar-refractivity contribution < 1.29 is 4.79 Å². The number of rotatable bonds is 3. The van der Waals surface area contributed by atoms with Crippen LogP contribution in [0.2, 0.25) is 0 Å². The third kappa shape index (κ3) is 3.17. The molecule has 86 valence electrons. The van der Waals surface area contributed by atoms with E-state index in [0.29, 0.717) is 17.7 Å². The topological polar surface area (TPSA) is 43.1 Å². The largest absolute Gasteiger partial charge is 0.399 e. The van der Waals surface area contributed by atoms with Crippen molar-refractivity contribution in [3.8, 4) is 0 Å². The van der Waals surface area contributed by atoms with E-state index >= 15 is 0 Å². The molecule has 0 unspecified atom stereocenters. The van der Waals surface area contributed by atoms with Gasteiger partial charge in [-0.1, -0.05) is 46.3 Å². The lowest BCUT2D eigenvalue weighted by molar-refractivity contribution is 0.0993. The first-order valence-electron chi connectivity index (χ1n) is 5.28. The van der Waals surface area contributed by atoms with Crippen molar-refractivity contribution in [1.29, 1.82) is 0 Å². The van der Waals surface area contributed by atoms with Crippen LogP contribution in [0.5, 0.6) is 0 Å². The maximum Gasteiger partial charge on any atom is 0.167 e. The molecule has 0 amide bonds. The van der Waals surface area contributed by atoms with E-state index in [1.807, 2.05) is 30.3 Å². The molecule has 2 nitrogen and oxygen atoms in total. The van der Waals surface area contributed by atoms with Crippen LogP contribution < -0.4 is 5.73 Å². The van der Waals surface area contributed by atoms with Gasteiger partial charge in [-0.25, -0.2) is 0 Å². The molecule has 0 aliphatic heterocycles. The van der Waals surface area contributed by atoms with Gasteiger partial charge in [-0.3, -0.25) is 4.79 Å². The summed E-state index contributed by atoms with van der Waals surface area (Å²) in [5, 5.41) is 0. The monoisotopic (exact) mass is 289 g/mol. The molecule has 0 radical (unpaired) electrons. The number of hydrogen-bond donors (Lipinski definition) is 1. The second-order valence-electron chi connectivity index (χ2n) is 3.86. The fraction of sp³-hybridized carbons (Fsp3) is 0.0714. The third-order valence-electron chi connectivity index (χ3n) is 2.45. The summed E-state index contributed by atoms with van der Waals surface area (Å²) in [6, 6.07) is 15.0. The van der Waals surface area contributed by atoms with Crippen LogP contribution in [0.25, 0.3) is 0 Å². The van der Waals surface area contributed by atoms with E-state index in [0.717, 1.165) is 10.0 Å². The molecule has 0 aliphatic carbocycles. The average Bonchev–Trinajstić information content (AvgIpc) is 2.29. The number of ketones is 1. The molecule has 0 bridgehead atoms. The van der Waals surface area contributed by atoms with Crippen molar-refractivity contribution in [2.75, 3.05) is 5.73 Å². The highest BCUT2D eigenvalue weighted by molar-refractivity contribution is 9.10. The molecule has 0 aliphatic rings. The highest BCUT2D eigenvalue weighted by Gasteiger charge is 2.08. The van der Waals surface area contributed by atoms with Gasteiger partial charge in [0.1, 0.15) is 0 Å². The van der Waals surface area contributed by atoms with Gasteiger partial charge in [-0.15, -0.1) is 0 Å². The summed E-state index contributed by atoms with van der Waals surface area (Å²) < 4.78 is 0.828. The Morgan fingerprint density at radius 2 is 1.82 bits per heavy atom. The molecule has 3 heteroatoms. The Hall–Kier alpha value is -1.61. The Bertz CT molecular complexity index is 517. The van der Waals surface area contributed by atoms with Crippen molar-refractivity contribution in [3.63, 3.8) is 0 Å². The summed E-state index contributed by atoms with van der Waals surface area (Å²) in [7, 11) is 0. The van der Waals surface area contributed by atoms with Gasteiger partial charge in [-0.05, 0) is 23.8 Å². The Balaban J connectivity index is 2.20. The van der Waals surface area contributed by atoms with Gasteiger partial charge < -0.3 is 5.73 Å². The molecule has 0 heterocycles. The SMILES string of the molecule is Nc1cc(Br)cc(C(=O)Cc2ccccc2)c1. The minimum atomic E-state index is 0.0733. The van der Waals surface area contributed by atoms with Gasteiger partial charge in [-0.2, -0.15) is 0 Å².